The summed E-state index contributed by atoms with van der Waals surface area (Å²) in [5.74, 6) is 0.278. The molecule has 3 aromatic rings. The lowest BCUT2D eigenvalue weighted by Crippen LogP contribution is -2.74. The molecule has 7 nitrogen and oxygen atoms in total. The van der Waals surface area contributed by atoms with Gasteiger partial charge < -0.3 is 20.6 Å². The molecule has 4 unspecified atom stereocenters. The van der Waals surface area contributed by atoms with Crippen molar-refractivity contribution in [2.24, 2.45) is 5.92 Å². The van der Waals surface area contributed by atoms with Crippen molar-refractivity contribution in [1.82, 2.24) is 15.2 Å². The molecule has 3 fully saturated rings. The Labute approximate surface area is 228 Å². The van der Waals surface area contributed by atoms with E-state index in [1.165, 1.54) is 12.8 Å². The number of pyridine rings is 1. The number of benzene rings is 2. The van der Waals surface area contributed by atoms with Gasteiger partial charge in [-0.2, -0.15) is 0 Å². The monoisotopic (exact) mass is 525 g/mol. The van der Waals surface area contributed by atoms with Crippen molar-refractivity contribution in [3.63, 3.8) is 0 Å². The maximum absolute atomic E-state index is 13.7. The van der Waals surface area contributed by atoms with E-state index < -0.39 is 11.0 Å². The highest BCUT2D eigenvalue weighted by Gasteiger charge is 2.65. The third-order valence-electron chi connectivity index (χ3n) is 9.93. The van der Waals surface area contributed by atoms with Crippen molar-refractivity contribution in [3.8, 4) is 22.6 Å². The highest BCUT2D eigenvalue weighted by molar-refractivity contribution is 6.00. The third kappa shape index (κ3) is 3.85. The highest BCUT2D eigenvalue weighted by atomic mass is 16.3. The molecule has 1 aromatic heterocycles. The summed E-state index contributed by atoms with van der Waals surface area (Å²) < 4.78 is 0. The number of hydrogen-bond donors (Lipinski definition) is 4. The number of amides is 1. The van der Waals surface area contributed by atoms with Crippen LogP contribution in [0.5, 0.6) is 11.5 Å². The van der Waals surface area contributed by atoms with Gasteiger partial charge in [-0.1, -0.05) is 36.4 Å². The van der Waals surface area contributed by atoms with Crippen LogP contribution in [0.2, 0.25) is 0 Å². The summed E-state index contributed by atoms with van der Waals surface area (Å²) in [6.45, 7) is 1.84. The van der Waals surface area contributed by atoms with Gasteiger partial charge in [0.2, 0.25) is 0 Å². The van der Waals surface area contributed by atoms with Crippen molar-refractivity contribution in [1.29, 1.82) is 0 Å². The van der Waals surface area contributed by atoms with E-state index in [0.29, 0.717) is 49.1 Å². The second-order valence-electron chi connectivity index (χ2n) is 12.1. The number of piperidine rings is 1. The number of carbonyl (C=O) groups excluding carboxylic acids is 1. The number of nitrogens with zero attached hydrogens (tertiary/aromatic N) is 2. The molecule has 0 spiro atoms. The molecule has 2 bridgehead atoms. The van der Waals surface area contributed by atoms with Gasteiger partial charge in [-0.25, -0.2) is 0 Å². The Morgan fingerprint density at radius 2 is 1.87 bits per heavy atom. The van der Waals surface area contributed by atoms with Crippen LogP contribution in [0.1, 0.15) is 60.0 Å². The minimum Gasteiger partial charge on any atom is -0.504 e. The lowest BCUT2D eigenvalue weighted by Gasteiger charge is -2.64. The summed E-state index contributed by atoms with van der Waals surface area (Å²) >= 11 is 0. The number of phenols is 2. The number of carbonyl (C=O) groups is 1. The molecule has 7 heteroatoms. The molecule has 0 radical (unpaired) electrons. The number of likely N-dealkylation sites (tertiary alicyclic amines) is 1. The first kappa shape index (κ1) is 24.6. The first-order chi connectivity index (χ1) is 18.9. The minimum absolute atomic E-state index is 0.0372. The number of phenolic OH excluding ortho intramolecular Hbond substituents is 2. The number of rotatable bonds is 5. The molecule has 39 heavy (non-hydrogen) atoms. The maximum Gasteiger partial charge on any atom is 0.252 e. The molecule has 1 saturated heterocycles. The molecule has 7 rings (SSSR count). The normalized spacial score (nSPS) is 29.8. The molecule has 2 aromatic carbocycles. The SMILES string of the molecule is O=C(NC1CCC2(O)C3Cc4ccc(O)c(O)c4C2(CCN3CC2CC2)C1)c1ccncc1-c1ccccc1. The van der Waals surface area contributed by atoms with Gasteiger partial charge in [0, 0.05) is 47.6 Å². The summed E-state index contributed by atoms with van der Waals surface area (Å²) in [6.07, 6.45) is 8.89. The van der Waals surface area contributed by atoms with E-state index in [1.54, 1.807) is 24.5 Å². The number of hydrogen-bond acceptors (Lipinski definition) is 6. The molecular formula is C32H35N3O4. The van der Waals surface area contributed by atoms with Crippen molar-refractivity contribution in [2.75, 3.05) is 13.1 Å². The fraction of sp³-hybridized carbons (Fsp3) is 0.438. The Morgan fingerprint density at radius 1 is 1.05 bits per heavy atom. The van der Waals surface area contributed by atoms with Gasteiger partial charge in [0.1, 0.15) is 0 Å². The third-order valence-corrected chi connectivity index (χ3v) is 9.93. The average Bonchev–Trinajstić information content (AvgIpc) is 3.77. The first-order valence-corrected chi connectivity index (χ1v) is 14.2. The van der Waals surface area contributed by atoms with Crippen LogP contribution in [0.15, 0.2) is 60.9 Å². The Balaban J connectivity index is 1.23. The van der Waals surface area contributed by atoms with Gasteiger partial charge in [0.05, 0.1) is 11.2 Å². The fourth-order valence-electron chi connectivity index (χ4n) is 7.88. The lowest BCUT2D eigenvalue weighted by molar-refractivity contribution is -0.170. The number of nitrogens with one attached hydrogen (secondary N) is 1. The Morgan fingerprint density at radius 3 is 2.67 bits per heavy atom. The summed E-state index contributed by atoms with van der Waals surface area (Å²) in [5, 5.41) is 37.5. The topological polar surface area (TPSA) is 106 Å². The molecule has 1 amide bonds. The molecule has 2 heterocycles. The second-order valence-corrected chi connectivity index (χ2v) is 12.1. The Kier molecular flexibility index (Phi) is 5.72. The van der Waals surface area contributed by atoms with Crippen molar-refractivity contribution < 1.29 is 20.1 Å². The first-order valence-electron chi connectivity index (χ1n) is 14.2. The predicted molar refractivity (Wildman–Crippen MR) is 148 cm³/mol. The summed E-state index contributed by atoms with van der Waals surface area (Å²) in [7, 11) is 0. The number of fused-ring (bicyclic) bond motifs is 1. The largest absolute Gasteiger partial charge is 0.504 e. The second kappa shape index (κ2) is 9.07. The Bertz CT molecular complexity index is 1420. The standard InChI is InChI=1S/C32H35N3O4/c36-26-9-8-22-16-27-32(39)12-10-23(17-31(32,28(22)29(26)37)13-15-35(27)19-20-6-7-20)34-30(38)24-11-14-33-18-25(24)21-4-2-1-3-5-21/h1-5,8-9,11,14,18,20,23,27,36-37,39H,6-7,10,12-13,15-17,19H2,(H,34,38). The van der Waals surface area contributed by atoms with Gasteiger partial charge in [0.15, 0.2) is 11.5 Å². The average molecular weight is 526 g/mol. The molecule has 202 valence electrons. The van der Waals surface area contributed by atoms with Crippen LogP contribution >= 0.6 is 0 Å². The zero-order chi connectivity index (χ0) is 26.8. The van der Waals surface area contributed by atoms with E-state index in [1.807, 2.05) is 36.4 Å². The molecular weight excluding hydrogens is 490 g/mol. The van der Waals surface area contributed by atoms with E-state index >= 15 is 0 Å². The van der Waals surface area contributed by atoms with Crippen molar-refractivity contribution >= 4 is 5.91 Å². The highest BCUT2D eigenvalue weighted by Crippen LogP contribution is 2.61. The molecule has 4 aliphatic rings. The number of aliphatic hydroxyl groups is 1. The number of aromatic nitrogens is 1. The van der Waals surface area contributed by atoms with Crippen LogP contribution < -0.4 is 5.32 Å². The van der Waals surface area contributed by atoms with Crippen LogP contribution in [-0.2, 0) is 11.8 Å². The zero-order valence-electron chi connectivity index (χ0n) is 22.0. The molecule has 4 atom stereocenters. The van der Waals surface area contributed by atoms with Crippen LogP contribution in [0, 0.1) is 5.92 Å². The molecule has 2 saturated carbocycles. The smallest absolute Gasteiger partial charge is 0.252 e. The van der Waals surface area contributed by atoms with E-state index in [4.69, 9.17) is 0 Å². The number of aromatic hydroxyl groups is 2. The van der Waals surface area contributed by atoms with Gasteiger partial charge >= 0.3 is 0 Å². The van der Waals surface area contributed by atoms with Crippen molar-refractivity contribution in [2.45, 2.75) is 68.0 Å². The molecule has 1 aliphatic heterocycles. The van der Waals surface area contributed by atoms with E-state index in [-0.39, 0.29) is 29.5 Å². The van der Waals surface area contributed by atoms with E-state index in [0.717, 1.165) is 29.8 Å². The molecule has 3 aliphatic carbocycles. The van der Waals surface area contributed by atoms with Crippen molar-refractivity contribution in [3.05, 3.63) is 77.6 Å². The van der Waals surface area contributed by atoms with E-state index in [9.17, 15) is 20.1 Å². The van der Waals surface area contributed by atoms with Crippen LogP contribution in [0.25, 0.3) is 11.1 Å². The minimum atomic E-state index is -1.04. The Hall–Kier alpha value is -3.42. The van der Waals surface area contributed by atoms with Gasteiger partial charge in [-0.3, -0.25) is 14.7 Å². The summed E-state index contributed by atoms with van der Waals surface area (Å²) in [4.78, 5) is 20.4. The quantitative estimate of drug-likeness (QED) is 0.373. The zero-order valence-corrected chi connectivity index (χ0v) is 22.0. The summed E-state index contributed by atoms with van der Waals surface area (Å²) in [5.41, 5.74) is 2.17. The maximum atomic E-state index is 13.7. The van der Waals surface area contributed by atoms with Gasteiger partial charge in [0.25, 0.3) is 5.91 Å². The summed E-state index contributed by atoms with van der Waals surface area (Å²) in [6, 6.07) is 14.8. The van der Waals surface area contributed by atoms with Crippen LogP contribution in [-0.4, -0.2) is 61.9 Å². The lowest BCUT2D eigenvalue weighted by atomic mass is 9.48. The fourth-order valence-corrected chi connectivity index (χ4v) is 7.88. The van der Waals surface area contributed by atoms with E-state index in [2.05, 4.69) is 15.2 Å². The van der Waals surface area contributed by atoms with Gasteiger partial charge in [-0.05, 0) is 80.7 Å². The predicted octanol–water partition coefficient (Wildman–Crippen LogP) is 4.15. The molecule has 4 N–H and O–H groups in total. The van der Waals surface area contributed by atoms with Gasteiger partial charge in [-0.15, -0.1) is 0 Å². The van der Waals surface area contributed by atoms with Crippen LogP contribution in [0.3, 0.4) is 0 Å². The van der Waals surface area contributed by atoms with Crippen LogP contribution in [0.4, 0.5) is 0 Å².